The molecule has 0 fully saturated rings. The average Bonchev–Trinajstić information content (AvgIpc) is 3.34. The van der Waals surface area contributed by atoms with Crippen LogP contribution in [0.25, 0.3) is 55.1 Å². The first-order valence-electron chi connectivity index (χ1n) is 13.3. The predicted octanol–water partition coefficient (Wildman–Crippen LogP) is 10.2. The molecule has 0 spiro atoms. The standard InChI is InChI=1S/C37H24N2/c1-2-9-27(10-3-1)39(29-20-17-26-8-7-23-38-36(26)24-29)28-18-15-25(16-19-28)30-21-22-35-32-12-5-4-11-31(32)34-14-6-13-33(30)37(34)35/h1-24H. The van der Waals surface area contributed by atoms with Crippen molar-refractivity contribution in [2.75, 3.05) is 4.90 Å². The largest absolute Gasteiger partial charge is 0.310 e. The van der Waals surface area contributed by atoms with Gasteiger partial charge < -0.3 is 4.90 Å². The van der Waals surface area contributed by atoms with Gasteiger partial charge in [-0.1, -0.05) is 97.1 Å². The molecule has 0 saturated heterocycles. The molecule has 8 rings (SSSR count). The van der Waals surface area contributed by atoms with Crippen LogP contribution < -0.4 is 4.90 Å². The fourth-order valence-corrected chi connectivity index (χ4v) is 6.07. The summed E-state index contributed by atoms with van der Waals surface area (Å²) in [5.74, 6) is 0. The van der Waals surface area contributed by atoms with E-state index in [1.807, 2.05) is 12.3 Å². The van der Waals surface area contributed by atoms with Crippen molar-refractivity contribution in [1.82, 2.24) is 4.98 Å². The Labute approximate surface area is 227 Å². The molecule has 1 aromatic heterocycles. The van der Waals surface area contributed by atoms with Gasteiger partial charge in [0, 0.05) is 28.6 Å². The van der Waals surface area contributed by atoms with Crippen LogP contribution in [0, 0.1) is 0 Å². The highest BCUT2D eigenvalue weighted by molar-refractivity contribution is 6.18. The van der Waals surface area contributed by atoms with Crippen LogP contribution in [0.1, 0.15) is 0 Å². The molecule has 0 unspecified atom stereocenters. The SMILES string of the molecule is c1ccc(N(c2ccc(-c3ccc4c5c(cccc35)-c3ccccc3-4)cc2)c2ccc3cccnc3c2)cc1. The number of hydrogen-bond acceptors (Lipinski definition) is 2. The Morgan fingerprint density at radius 1 is 0.436 bits per heavy atom. The van der Waals surface area contributed by atoms with E-state index in [2.05, 4.69) is 143 Å². The summed E-state index contributed by atoms with van der Waals surface area (Å²) in [5, 5.41) is 3.79. The summed E-state index contributed by atoms with van der Waals surface area (Å²) in [4.78, 5) is 6.90. The third-order valence-electron chi connectivity index (χ3n) is 7.85. The zero-order valence-corrected chi connectivity index (χ0v) is 21.3. The molecule has 2 heteroatoms. The third kappa shape index (κ3) is 3.46. The molecule has 6 aromatic carbocycles. The Morgan fingerprint density at radius 2 is 1.10 bits per heavy atom. The minimum absolute atomic E-state index is 0.987. The van der Waals surface area contributed by atoms with E-state index in [0.29, 0.717) is 0 Å². The van der Waals surface area contributed by atoms with Crippen molar-refractivity contribution in [2.24, 2.45) is 0 Å². The predicted molar refractivity (Wildman–Crippen MR) is 164 cm³/mol. The first kappa shape index (κ1) is 21.8. The number of benzene rings is 6. The minimum atomic E-state index is 0.987. The monoisotopic (exact) mass is 496 g/mol. The Balaban J connectivity index is 1.24. The number of aromatic nitrogens is 1. The van der Waals surface area contributed by atoms with Gasteiger partial charge in [-0.05, 0) is 86.6 Å². The van der Waals surface area contributed by atoms with Crippen molar-refractivity contribution < 1.29 is 0 Å². The van der Waals surface area contributed by atoms with Crippen molar-refractivity contribution in [3.05, 3.63) is 146 Å². The van der Waals surface area contributed by atoms with Gasteiger partial charge >= 0.3 is 0 Å². The molecule has 1 aliphatic rings. The average molecular weight is 497 g/mol. The fraction of sp³-hybridized carbons (Fsp3) is 0. The van der Waals surface area contributed by atoms with Crippen LogP contribution in [0.4, 0.5) is 17.1 Å². The summed E-state index contributed by atoms with van der Waals surface area (Å²) < 4.78 is 0. The van der Waals surface area contributed by atoms with Gasteiger partial charge in [-0.3, -0.25) is 4.98 Å². The molecule has 7 aromatic rings. The number of rotatable bonds is 4. The van der Waals surface area contributed by atoms with E-state index >= 15 is 0 Å². The van der Waals surface area contributed by atoms with E-state index in [1.54, 1.807) is 0 Å². The minimum Gasteiger partial charge on any atom is -0.310 e. The summed E-state index contributed by atoms with van der Waals surface area (Å²) in [5.41, 5.74) is 12.1. The maximum atomic E-state index is 4.60. The molecule has 1 aliphatic carbocycles. The Kier molecular flexibility index (Phi) is 4.86. The second-order valence-electron chi connectivity index (χ2n) is 10.0. The number of para-hydroxylation sites is 1. The Morgan fingerprint density at radius 3 is 1.92 bits per heavy atom. The molecule has 0 bridgehead atoms. The van der Waals surface area contributed by atoms with Crippen molar-refractivity contribution in [2.45, 2.75) is 0 Å². The highest BCUT2D eigenvalue weighted by Crippen LogP contribution is 2.49. The summed E-state index contributed by atoms with van der Waals surface area (Å²) in [6.07, 6.45) is 1.85. The molecule has 1 heterocycles. The van der Waals surface area contributed by atoms with Crippen LogP contribution >= 0.6 is 0 Å². The maximum absolute atomic E-state index is 4.60. The van der Waals surface area contributed by atoms with Gasteiger partial charge in [0.15, 0.2) is 0 Å². The van der Waals surface area contributed by atoms with Crippen molar-refractivity contribution in [3.63, 3.8) is 0 Å². The van der Waals surface area contributed by atoms with Gasteiger partial charge in [-0.2, -0.15) is 0 Å². The summed E-state index contributed by atoms with van der Waals surface area (Å²) in [6, 6.07) is 50.0. The molecule has 39 heavy (non-hydrogen) atoms. The number of anilines is 3. The lowest BCUT2D eigenvalue weighted by atomic mass is 9.94. The lowest BCUT2D eigenvalue weighted by molar-refractivity contribution is 1.28. The van der Waals surface area contributed by atoms with Crippen molar-refractivity contribution in [3.8, 4) is 33.4 Å². The highest BCUT2D eigenvalue weighted by atomic mass is 15.1. The number of nitrogens with zero attached hydrogens (tertiary/aromatic N) is 2. The van der Waals surface area contributed by atoms with Crippen molar-refractivity contribution >= 4 is 38.7 Å². The van der Waals surface area contributed by atoms with E-state index in [9.17, 15) is 0 Å². The second kappa shape index (κ2) is 8.68. The van der Waals surface area contributed by atoms with Crippen molar-refractivity contribution in [1.29, 1.82) is 0 Å². The van der Waals surface area contributed by atoms with Crippen LogP contribution in [-0.4, -0.2) is 4.98 Å². The maximum Gasteiger partial charge on any atom is 0.0722 e. The van der Waals surface area contributed by atoms with Gasteiger partial charge in [0.2, 0.25) is 0 Å². The van der Waals surface area contributed by atoms with Gasteiger partial charge in [0.25, 0.3) is 0 Å². The first-order valence-corrected chi connectivity index (χ1v) is 13.3. The second-order valence-corrected chi connectivity index (χ2v) is 10.0. The zero-order chi connectivity index (χ0) is 25.8. The topological polar surface area (TPSA) is 16.1 Å². The van der Waals surface area contributed by atoms with E-state index in [1.165, 1.54) is 44.2 Å². The summed E-state index contributed by atoms with van der Waals surface area (Å²) in [7, 11) is 0. The van der Waals surface area contributed by atoms with E-state index in [0.717, 1.165) is 28.0 Å². The molecule has 0 aliphatic heterocycles. The molecular formula is C37H24N2. The third-order valence-corrected chi connectivity index (χ3v) is 7.85. The number of fused-ring (bicyclic) bond motifs is 4. The number of hydrogen-bond donors (Lipinski definition) is 0. The van der Waals surface area contributed by atoms with Gasteiger partial charge in [0.05, 0.1) is 5.52 Å². The summed E-state index contributed by atoms with van der Waals surface area (Å²) in [6.45, 7) is 0. The molecular weight excluding hydrogens is 472 g/mol. The van der Waals surface area contributed by atoms with Crippen LogP contribution in [0.3, 0.4) is 0 Å². The first-order chi connectivity index (χ1) is 19.3. The normalized spacial score (nSPS) is 11.6. The summed E-state index contributed by atoms with van der Waals surface area (Å²) >= 11 is 0. The van der Waals surface area contributed by atoms with Crippen LogP contribution in [0.5, 0.6) is 0 Å². The Bertz CT molecular complexity index is 1980. The van der Waals surface area contributed by atoms with E-state index < -0.39 is 0 Å². The van der Waals surface area contributed by atoms with Gasteiger partial charge in [-0.25, -0.2) is 0 Å². The fourth-order valence-electron chi connectivity index (χ4n) is 6.07. The van der Waals surface area contributed by atoms with E-state index in [-0.39, 0.29) is 0 Å². The van der Waals surface area contributed by atoms with Gasteiger partial charge in [0.1, 0.15) is 0 Å². The molecule has 0 saturated carbocycles. The van der Waals surface area contributed by atoms with Crippen LogP contribution in [-0.2, 0) is 0 Å². The van der Waals surface area contributed by atoms with E-state index in [4.69, 9.17) is 0 Å². The quantitative estimate of drug-likeness (QED) is 0.241. The lowest BCUT2D eigenvalue weighted by Crippen LogP contribution is -2.09. The highest BCUT2D eigenvalue weighted by Gasteiger charge is 2.22. The Hall–Kier alpha value is -5.21. The lowest BCUT2D eigenvalue weighted by Gasteiger charge is -2.26. The zero-order valence-electron chi connectivity index (χ0n) is 21.3. The smallest absolute Gasteiger partial charge is 0.0722 e. The molecule has 0 atom stereocenters. The molecule has 2 nitrogen and oxygen atoms in total. The van der Waals surface area contributed by atoms with Crippen LogP contribution in [0.2, 0.25) is 0 Å². The number of pyridine rings is 1. The van der Waals surface area contributed by atoms with Gasteiger partial charge in [-0.15, -0.1) is 0 Å². The molecule has 182 valence electrons. The molecule has 0 N–H and O–H groups in total. The molecule has 0 amide bonds. The molecule has 0 radical (unpaired) electrons. The van der Waals surface area contributed by atoms with Crippen LogP contribution in [0.15, 0.2) is 146 Å².